The molecule has 0 bridgehead atoms. The van der Waals surface area contributed by atoms with Gasteiger partial charge >= 0.3 is 0 Å². The summed E-state index contributed by atoms with van der Waals surface area (Å²) < 4.78 is 5.48. The van der Waals surface area contributed by atoms with Gasteiger partial charge in [-0.1, -0.05) is 54.1 Å². The van der Waals surface area contributed by atoms with Crippen LogP contribution in [0, 0.1) is 6.92 Å². The van der Waals surface area contributed by atoms with Crippen LogP contribution >= 0.6 is 0 Å². The molecule has 3 aromatic carbocycles. The zero-order valence-corrected chi connectivity index (χ0v) is 16.2. The number of carbonyl (C=O) groups excluding carboxylic acids is 2. The number of anilines is 1. The lowest BCUT2D eigenvalue weighted by Gasteiger charge is -2.29. The molecule has 146 valence electrons. The lowest BCUT2D eigenvalue weighted by molar-refractivity contribution is -0.121. The highest BCUT2D eigenvalue weighted by molar-refractivity contribution is 5.98. The van der Waals surface area contributed by atoms with Crippen LogP contribution < -0.4 is 15.0 Å². The Hall–Kier alpha value is -3.60. The van der Waals surface area contributed by atoms with E-state index in [0.29, 0.717) is 24.4 Å². The lowest BCUT2D eigenvalue weighted by Crippen LogP contribution is -2.38. The Balaban J connectivity index is 1.41. The number of nitrogens with one attached hydrogen (secondary N) is 1. The van der Waals surface area contributed by atoms with E-state index in [-0.39, 0.29) is 18.4 Å². The van der Waals surface area contributed by atoms with Crippen molar-refractivity contribution in [2.45, 2.75) is 20.0 Å². The molecular formula is C24H22N2O3. The minimum atomic E-state index is -0.120. The van der Waals surface area contributed by atoms with E-state index in [0.717, 1.165) is 16.8 Å². The fourth-order valence-corrected chi connectivity index (χ4v) is 3.26. The van der Waals surface area contributed by atoms with E-state index in [1.807, 2.05) is 67.6 Å². The summed E-state index contributed by atoms with van der Waals surface area (Å²) in [4.78, 5) is 26.4. The molecule has 1 N–H and O–H groups in total. The van der Waals surface area contributed by atoms with Crippen LogP contribution in [0.5, 0.6) is 5.75 Å². The van der Waals surface area contributed by atoms with Gasteiger partial charge in [0.25, 0.3) is 11.8 Å². The van der Waals surface area contributed by atoms with Gasteiger partial charge < -0.3 is 15.0 Å². The maximum Gasteiger partial charge on any atom is 0.265 e. The molecule has 1 aliphatic rings. The van der Waals surface area contributed by atoms with Crippen LogP contribution in [-0.2, 0) is 17.9 Å². The maximum absolute atomic E-state index is 12.4. The average molecular weight is 386 g/mol. The zero-order chi connectivity index (χ0) is 20.2. The largest absolute Gasteiger partial charge is 0.482 e. The minimum Gasteiger partial charge on any atom is -0.482 e. The SMILES string of the molecule is Cc1ccc(CNC(=O)c2ccc(CN3C(=O)COc4ccccc43)cc2)cc1. The molecule has 29 heavy (non-hydrogen) atoms. The number of rotatable bonds is 5. The molecule has 5 nitrogen and oxygen atoms in total. The zero-order valence-electron chi connectivity index (χ0n) is 16.2. The van der Waals surface area contributed by atoms with Crippen LogP contribution in [0.4, 0.5) is 5.69 Å². The summed E-state index contributed by atoms with van der Waals surface area (Å²) in [6.07, 6.45) is 0. The average Bonchev–Trinajstić information content (AvgIpc) is 2.75. The highest BCUT2D eigenvalue weighted by Crippen LogP contribution is 2.32. The molecular weight excluding hydrogens is 364 g/mol. The number of hydrogen-bond donors (Lipinski definition) is 1. The Kier molecular flexibility index (Phi) is 5.29. The molecule has 0 radical (unpaired) electrons. The number of carbonyl (C=O) groups is 2. The Morgan fingerprint density at radius 3 is 2.41 bits per heavy atom. The molecule has 0 spiro atoms. The molecule has 1 aliphatic heterocycles. The monoisotopic (exact) mass is 386 g/mol. The summed E-state index contributed by atoms with van der Waals surface area (Å²) in [6, 6.07) is 22.9. The Morgan fingerprint density at radius 2 is 1.66 bits per heavy atom. The second-order valence-corrected chi connectivity index (χ2v) is 7.10. The first kappa shape index (κ1) is 18.7. The van der Waals surface area contributed by atoms with E-state index in [1.165, 1.54) is 5.56 Å². The van der Waals surface area contributed by atoms with E-state index >= 15 is 0 Å². The molecule has 2 amide bonds. The van der Waals surface area contributed by atoms with E-state index in [2.05, 4.69) is 5.32 Å². The molecule has 0 aromatic heterocycles. The predicted molar refractivity (Wildman–Crippen MR) is 112 cm³/mol. The molecule has 1 heterocycles. The third-order valence-corrected chi connectivity index (χ3v) is 4.94. The first-order valence-corrected chi connectivity index (χ1v) is 9.55. The van der Waals surface area contributed by atoms with Gasteiger partial charge in [-0.05, 0) is 42.3 Å². The number of amides is 2. The molecule has 0 unspecified atom stereocenters. The molecule has 0 aliphatic carbocycles. The number of benzene rings is 3. The predicted octanol–water partition coefficient (Wildman–Crippen LogP) is 3.85. The fourth-order valence-electron chi connectivity index (χ4n) is 3.26. The molecule has 3 aromatic rings. The summed E-state index contributed by atoms with van der Waals surface area (Å²) in [5.41, 5.74) is 4.56. The van der Waals surface area contributed by atoms with E-state index in [4.69, 9.17) is 4.74 Å². The van der Waals surface area contributed by atoms with Gasteiger partial charge in [-0.25, -0.2) is 0 Å². The van der Waals surface area contributed by atoms with Crippen molar-refractivity contribution < 1.29 is 14.3 Å². The molecule has 0 saturated heterocycles. The van der Waals surface area contributed by atoms with Gasteiger partial charge in [0.1, 0.15) is 5.75 Å². The standard InChI is InChI=1S/C24H22N2O3/c1-17-6-8-18(9-7-17)14-25-24(28)20-12-10-19(11-13-20)15-26-21-4-2-3-5-22(21)29-16-23(26)27/h2-13H,14-16H2,1H3,(H,25,28). The first-order valence-electron chi connectivity index (χ1n) is 9.55. The van der Waals surface area contributed by atoms with Crippen LogP contribution in [0.15, 0.2) is 72.8 Å². The smallest absolute Gasteiger partial charge is 0.265 e. The summed E-state index contributed by atoms with van der Waals surface area (Å²) in [6.45, 7) is 2.99. The van der Waals surface area contributed by atoms with Gasteiger partial charge in [0.15, 0.2) is 6.61 Å². The first-order chi connectivity index (χ1) is 14.1. The van der Waals surface area contributed by atoms with Crippen molar-refractivity contribution in [1.29, 1.82) is 0 Å². The second-order valence-electron chi connectivity index (χ2n) is 7.10. The van der Waals surface area contributed by atoms with Crippen molar-refractivity contribution in [3.63, 3.8) is 0 Å². The van der Waals surface area contributed by atoms with Gasteiger partial charge in [0, 0.05) is 12.1 Å². The van der Waals surface area contributed by atoms with Crippen LogP contribution in [0.25, 0.3) is 0 Å². The van der Waals surface area contributed by atoms with E-state index < -0.39 is 0 Å². The number of para-hydroxylation sites is 2. The van der Waals surface area contributed by atoms with E-state index in [9.17, 15) is 9.59 Å². The summed E-state index contributed by atoms with van der Waals surface area (Å²) in [7, 11) is 0. The number of ether oxygens (including phenoxy) is 1. The number of nitrogens with zero attached hydrogens (tertiary/aromatic N) is 1. The summed E-state index contributed by atoms with van der Waals surface area (Å²) >= 11 is 0. The third kappa shape index (κ3) is 4.29. The van der Waals surface area contributed by atoms with Gasteiger partial charge in [0.05, 0.1) is 12.2 Å². The van der Waals surface area contributed by atoms with Crippen molar-refractivity contribution in [3.05, 3.63) is 95.1 Å². The van der Waals surface area contributed by atoms with Gasteiger partial charge in [0.2, 0.25) is 0 Å². The van der Waals surface area contributed by atoms with Crippen LogP contribution in [-0.4, -0.2) is 18.4 Å². The molecule has 0 fully saturated rings. The second kappa shape index (κ2) is 8.19. The summed E-state index contributed by atoms with van der Waals surface area (Å²) in [5, 5.41) is 2.94. The molecule has 5 heteroatoms. The topological polar surface area (TPSA) is 58.6 Å². The number of aryl methyl sites for hydroxylation is 1. The Labute approximate surface area is 169 Å². The van der Waals surface area contributed by atoms with Gasteiger partial charge in [-0.3, -0.25) is 9.59 Å². The van der Waals surface area contributed by atoms with Crippen molar-refractivity contribution in [3.8, 4) is 5.75 Å². The Bertz CT molecular complexity index is 1030. The molecule has 0 saturated carbocycles. The van der Waals surface area contributed by atoms with Crippen LogP contribution in [0.3, 0.4) is 0 Å². The van der Waals surface area contributed by atoms with Crippen molar-refractivity contribution in [1.82, 2.24) is 5.32 Å². The lowest BCUT2D eigenvalue weighted by atomic mass is 10.1. The number of fused-ring (bicyclic) bond motifs is 1. The van der Waals surface area contributed by atoms with Crippen molar-refractivity contribution in [2.75, 3.05) is 11.5 Å². The van der Waals surface area contributed by atoms with Crippen molar-refractivity contribution in [2.24, 2.45) is 0 Å². The highest BCUT2D eigenvalue weighted by Gasteiger charge is 2.25. The van der Waals surface area contributed by atoms with Gasteiger partial charge in [-0.15, -0.1) is 0 Å². The molecule has 4 rings (SSSR count). The fraction of sp³-hybridized carbons (Fsp3) is 0.167. The normalized spacial score (nSPS) is 12.9. The number of hydrogen-bond acceptors (Lipinski definition) is 3. The quantitative estimate of drug-likeness (QED) is 0.725. The summed E-state index contributed by atoms with van der Waals surface area (Å²) in [5.74, 6) is 0.507. The van der Waals surface area contributed by atoms with Crippen LogP contribution in [0.2, 0.25) is 0 Å². The van der Waals surface area contributed by atoms with Crippen molar-refractivity contribution >= 4 is 17.5 Å². The van der Waals surface area contributed by atoms with Gasteiger partial charge in [-0.2, -0.15) is 0 Å². The molecule has 0 atom stereocenters. The minimum absolute atomic E-state index is 0.0382. The Morgan fingerprint density at radius 1 is 0.966 bits per heavy atom. The highest BCUT2D eigenvalue weighted by atomic mass is 16.5. The maximum atomic E-state index is 12.4. The van der Waals surface area contributed by atoms with Crippen LogP contribution in [0.1, 0.15) is 27.0 Å². The third-order valence-electron chi connectivity index (χ3n) is 4.94. The van der Waals surface area contributed by atoms with E-state index in [1.54, 1.807) is 17.0 Å².